The van der Waals surface area contributed by atoms with Gasteiger partial charge >= 0.3 is 5.97 Å². The van der Waals surface area contributed by atoms with Crippen molar-refractivity contribution in [3.8, 4) is 5.69 Å². The molecule has 1 heterocycles. The Hall–Kier alpha value is -3.21. The fourth-order valence-electron chi connectivity index (χ4n) is 3.12. The van der Waals surface area contributed by atoms with Gasteiger partial charge in [0.25, 0.3) is 0 Å². The van der Waals surface area contributed by atoms with Crippen LogP contribution in [0.25, 0.3) is 5.69 Å². The quantitative estimate of drug-likeness (QED) is 0.480. The van der Waals surface area contributed by atoms with Crippen LogP contribution >= 0.6 is 0 Å². The second-order valence-electron chi connectivity index (χ2n) is 7.01. The van der Waals surface area contributed by atoms with Gasteiger partial charge in [-0.25, -0.2) is 4.68 Å². The number of carbonyl (C=O) groups is 2. The highest BCUT2D eigenvalue weighted by molar-refractivity contribution is 5.99. The van der Waals surface area contributed by atoms with Gasteiger partial charge in [-0.2, -0.15) is 5.10 Å². The maximum atomic E-state index is 12.5. The second-order valence-corrected chi connectivity index (χ2v) is 7.01. The van der Waals surface area contributed by atoms with Gasteiger partial charge in [-0.15, -0.1) is 0 Å². The van der Waals surface area contributed by atoms with Crippen molar-refractivity contribution >= 4 is 11.8 Å². The molecule has 0 N–H and O–H groups in total. The Balaban J connectivity index is 1.61. The molecule has 0 atom stereocenters. The van der Waals surface area contributed by atoms with Gasteiger partial charge in [0.2, 0.25) is 5.78 Å². The lowest BCUT2D eigenvalue weighted by atomic mass is 9.93. The molecule has 0 bridgehead atoms. The molecule has 5 nitrogen and oxygen atoms in total. The molecule has 3 aromatic rings. The molecule has 0 aliphatic rings. The minimum absolute atomic E-state index is 0.0745. The van der Waals surface area contributed by atoms with Crippen molar-refractivity contribution in [3.63, 3.8) is 0 Å². The summed E-state index contributed by atoms with van der Waals surface area (Å²) < 4.78 is 6.92. The lowest BCUT2D eigenvalue weighted by molar-refractivity contribution is -0.141. The third-order valence-electron chi connectivity index (χ3n) is 5.15. The van der Waals surface area contributed by atoms with Gasteiger partial charge in [0.1, 0.15) is 0 Å². The number of esters is 1. The third-order valence-corrected chi connectivity index (χ3v) is 5.15. The maximum Gasteiger partial charge on any atom is 0.310 e. The van der Waals surface area contributed by atoms with E-state index in [2.05, 4.69) is 5.10 Å². The number of ketones is 1. The number of ether oxygens (including phenoxy) is 1. The normalized spacial score (nSPS) is 10.7. The molecule has 0 amide bonds. The van der Waals surface area contributed by atoms with E-state index in [4.69, 9.17) is 4.74 Å². The molecule has 0 fully saturated rings. The first-order chi connectivity index (χ1) is 13.4. The van der Waals surface area contributed by atoms with Crippen molar-refractivity contribution in [2.45, 2.75) is 34.1 Å². The summed E-state index contributed by atoms with van der Waals surface area (Å²) >= 11 is 0. The number of nitrogens with zero attached hydrogens (tertiary/aromatic N) is 2. The van der Waals surface area contributed by atoms with E-state index in [0.29, 0.717) is 5.56 Å². The Bertz CT molecular complexity index is 1020. The van der Waals surface area contributed by atoms with E-state index in [-0.39, 0.29) is 18.8 Å². The molecule has 3 rings (SSSR count). The maximum absolute atomic E-state index is 12.5. The van der Waals surface area contributed by atoms with E-state index in [1.54, 1.807) is 17.1 Å². The van der Waals surface area contributed by atoms with Crippen LogP contribution in [0.5, 0.6) is 0 Å². The summed E-state index contributed by atoms with van der Waals surface area (Å²) in [5, 5.41) is 4.26. The molecule has 0 aliphatic heterocycles. The first-order valence-corrected chi connectivity index (χ1v) is 9.22. The highest BCUT2D eigenvalue weighted by atomic mass is 16.5. The average molecular weight is 376 g/mol. The first-order valence-electron chi connectivity index (χ1n) is 9.22. The molecule has 2 aromatic carbocycles. The lowest BCUT2D eigenvalue weighted by Gasteiger charge is -2.13. The van der Waals surface area contributed by atoms with Crippen molar-refractivity contribution < 1.29 is 14.3 Å². The number of hydrogen-bond acceptors (Lipinski definition) is 4. The topological polar surface area (TPSA) is 61.2 Å². The molecule has 0 saturated heterocycles. The minimum atomic E-state index is -0.445. The summed E-state index contributed by atoms with van der Waals surface area (Å²) in [4.78, 5) is 24.7. The van der Waals surface area contributed by atoms with Crippen LogP contribution in [-0.2, 0) is 16.0 Å². The molecule has 0 aliphatic carbocycles. The highest BCUT2D eigenvalue weighted by Crippen LogP contribution is 2.21. The van der Waals surface area contributed by atoms with Crippen LogP contribution < -0.4 is 0 Å². The van der Waals surface area contributed by atoms with Crippen LogP contribution in [0.1, 0.15) is 38.2 Å². The lowest BCUT2D eigenvalue weighted by Crippen LogP contribution is -2.17. The molecule has 0 spiro atoms. The van der Waals surface area contributed by atoms with E-state index >= 15 is 0 Å². The molecule has 28 heavy (non-hydrogen) atoms. The van der Waals surface area contributed by atoms with E-state index < -0.39 is 5.97 Å². The van der Waals surface area contributed by atoms with E-state index in [0.717, 1.165) is 27.9 Å². The fraction of sp³-hybridized carbons (Fsp3) is 0.261. The first kappa shape index (κ1) is 19.5. The summed E-state index contributed by atoms with van der Waals surface area (Å²) in [6.07, 6.45) is 3.49. The van der Waals surface area contributed by atoms with Gasteiger partial charge in [0, 0.05) is 17.3 Å². The Morgan fingerprint density at radius 3 is 2.43 bits per heavy atom. The molecule has 0 radical (unpaired) electrons. The zero-order valence-corrected chi connectivity index (χ0v) is 16.7. The predicted octanol–water partition coefficient (Wildman–Crippen LogP) is 4.07. The van der Waals surface area contributed by atoms with Crippen molar-refractivity contribution in [2.24, 2.45) is 0 Å². The average Bonchev–Trinajstić information content (AvgIpc) is 3.16. The predicted molar refractivity (Wildman–Crippen MR) is 108 cm³/mol. The van der Waals surface area contributed by atoms with Gasteiger partial charge in [0.05, 0.1) is 18.3 Å². The van der Waals surface area contributed by atoms with Gasteiger partial charge in [-0.3, -0.25) is 9.59 Å². The highest BCUT2D eigenvalue weighted by Gasteiger charge is 2.16. The number of rotatable bonds is 6. The summed E-state index contributed by atoms with van der Waals surface area (Å²) in [6, 6.07) is 11.5. The number of Topliss-reactive ketones (excluding diaryl/α,β-unsaturated/α-hetero) is 1. The van der Waals surface area contributed by atoms with Crippen LogP contribution in [-0.4, -0.2) is 28.1 Å². The molecular formula is C23H24N2O3. The fourth-order valence-corrected chi connectivity index (χ4v) is 3.12. The third kappa shape index (κ3) is 4.19. The molecule has 1 aromatic heterocycles. The molecule has 144 valence electrons. The minimum Gasteiger partial charge on any atom is -0.457 e. The Morgan fingerprint density at radius 2 is 1.71 bits per heavy atom. The zero-order chi connectivity index (χ0) is 20.3. The summed E-state index contributed by atoms with van der Waals surface area (Å²) in [6.45, 7) is 7.70. The van der Waals surface area contributed by atoms with Gasteiger partial charge in [0.15, 0.2) is 6.61 Å². The summed E-state index contributed by atoms with van der Waals surface area (Å²) in [5.41, 5.74) is 6.55. The number of aromatic nitrogens is 2. The smallest absolute Gasteiger partial charge is 0.310 e. The van der Waals surface area contributed by atoms with E-state index in [1.807, 2.05) is 64.1 Å². The van der Waals surface area contributed by atoms with Crippen LogP contribution in [0.4, 0.5) is 0 Å². The SMILES string of the molecule is Cc1cc(C(=O)COC(=O)Cc2cnn(-c3ccccc3)c2)c(C)c(C)c1C. The number of aryl methyl sites for hydroxylation is 1. The van der Waals surface area contributed by atoms with Crippen molar-refractivity contribution in [3.05, 3.63) is 82.2 Å². The zero-order valence-electron chi connectivity index (χ0n) is 16.7. The Morgan fingerprint density at radius 1 is 1.00 bits per heavy atom. The van der Waals surface area contributed by atoms with E-state index in [1.165, 1.54) is 5.56 Å². The van der Waals surface area contributed by atoms with Crippen LogP contribution in [0.2, 0.25) is 0 Å². The monoisotopic (exact) mass is 376 g/mol. The molecule has 0 saturated carbocycles. The van der Waals surface area contributed by atoms with Crippen LogP contribution in [0.3, 0.4) is 0 Å². The molecular weight excluding hydrogens is 352 g/mol. The number of hydrogen-bond donors (Lipinski definition) is 0. The van der Waals surface area contributed by atoms with Crippen LogP contribution in [0.15, 0.2) is 48.8 Å². The second kappa shape index (κ2) is 8.21. The molecule has 5 heteroatoms. The Kier molecular flexibility index (Phi) is 5.73. The Labute approximate surface area is 165 Å². The van der Waals surface area contributed by atoms with Gasteiger partial charge < -0.3 is 4.74 Å². The standard InChI is InChI=1S/C23H24N2O3/c1-15-10-21(18(4)17(3)16(15)2)22(26)14-28-23(27)11-19-12-24-25(13-19)20-8-6-5-7-9-20/h5-10,12-13H,11,14H2,1-4H3. The van der Waals surface area contributed by atoms with E-state index in [9.17, 15) is 9.59 Å². The van der Waals surface area contributed by atoms with Gasteiger partial charge in [-0.05, 0) is 68.1 Å². The summed E-state index contributed by atoms with van der Waals surface area (Å²) in [5.74, 6) is -0.629. The summed E-state index contributed by atoms with van der Waals surface area (Å²) in [7, 11) is 0. The van der Waals surface area contributed by atoms with Crippen LogP contribution in [0, 0.1) is 27.7 Å². The van der Waals surface area contributed by atoms with Crippen molar-refractivity contribution in [2.75, 3.05) is 6.61 Å². The van der Waals surface area contributed by atoms with Crippen molar-refractivity contribution in [1.82, 2.24) is 9.78 Å². The molecule has 0 unspecified atom stereocenters. The number of carbonyl (C=O) groups excluding carboxylic acids is 2. The number of benzene rings is 2. The largest absolute Gasteiger partial charge is 0.457 e. The number of para-hydroxylation sites is 1. The van der Waals surface area contributed by atoms with Gasteiger partial charge in [-0.1, -0.05) is 18.2 Å². The van der Waals surface area contributed by atoms with Crippen molar-refractivity contribution in [1.29, 1.82) is 0 Å².